The summed E-state index contributed by atoms with van der Waals surface area (Å²) in [5.74, 6) is 2.29. The third-order valence-corrected chi connectivity index (χ3v) is 5.73. The van der Waals surface area contributed by atoms with E-state index in [0.717, 1.165) is 16.9 Å². The summed E-state index contributed by atoms with van der Waals surface area (Å²) in [4.78, 5) is 29.7. The van der Waals surface area contributed by atoms with Gasteiger partial charge >= 0.3 is 0 Å². The molecule has 188 valence electrons. The second kappa shape index (κ2) is 12.1. The van der Waals surface area contributed by atoms with Gasteiger partial charge < -0.3 is 28.4 Å². The Labute approximate surface area is 210 Å². The molecule has 3 aromatic rings. The number of hydrogen-bond acceptors (Lipinski definition) is 6. The molecule has 36 heavy (non-hydrogen) atoms. The Bertz CT molecular complexity index is 1200. The van der Waals surface area contributed by atoms with Crippen LogP contribution < -0.4 is 9.47 Å². The van der Waals surface area contributed by atoms with E-state index in [0.29, 0.717) is 30.4 Å². The summed E-state index contributed by atoms with van der Waals surface area (Å²) in [6.45, 7) is 3.15. The molecule has 8 nitrogen and oxygen atoms in total. The number of fused-ring (bicyclic) bond motifs is 1. The SMILES string of the molecule is COCCN(CC(=O)N(Cc1ccc2c(c1)OCO2)Cc1ccc(C)o1)C(=O)C=Cc1ccccc1. The molecule has 0 aliphatic carbocycles. The van der Waals surface area contributed by atoms with Gasteiger partial charge in [0, 0.05) is 26.3 Å². The van der Waals surface area contributed by atoms with Crippen molar-refractivity contribution in [3.63, 3.8) is 0 Å². The van der Waals surface area contributed by atoms with Crippen LogP contribution in [0.1, 0.15) is 22.6 Å². The Balaban J connectivity index is 1.50. The fourth-order valence-corrected chi connectivity index (χ4v) is 3.82. The summed E-state index contributed by atoms with van der Waals surface area (Å²) in [5, 5.41) is 0. The Hall–Kier alpha value is -4.04. The van der Waals surface area contributed by atoms with Gasteiger partial charge in [0.2, 0.25) is 18.6 Å². The Morgan fingerprint density at radius 3 is 2.53 bits per heavy atom. The van der Waals surface area contributed by atoms with Crippen LogP contribution in [-0.4, -0.2) is 55.2 Å². The molecule has 0 bridgehead atoms. The number of methoxy groups -OCH3 is 1. The van der Waals surface area contributed by atoms with Crippen LogP contribution in [0.5, 0.6) is 11.5 Å². The molecule has 2 heterocycles. The first-order valence-electron chi connectivity index (χ1n) is 11.7. The van der Waals surface area contributed by atoms with Crippen molar-refractivity contribution in [1.29, 1.82) is 0 Å². The number of furan rings is 1. The predicted octanol–water partition coefficient (Wildman–Crippen LogP) is 4.03. The minimum Gasteiger partial charge on any atom is -0.464 e. The fourth-order valence-electron chi connectivity index (χ4n) is 3.82. The summed E-state index contributed by atoms with van der Waals surface area (Å²) < 4.78 is 21.8. The molecule has 2 aromatic carbocycles. The van der Waals surface area contributed by atoms with Crippen molar-refractivity contribution in [3.05, 3.63) is 89.4 Å². The minimum absolute atomic E-state index is 0.0917. The molecule has 4 rings (SSSR count). The zero-order chi connectivity index (χ0) is 25.3. The monoisotopic (exact) mass is 490 g/mol. The number of rotatable bonds is 11. The van der Waals surface area contributed by atoms with Crippen LogP contribution >= 0.6 is 0 Å². The molecule has 0 unspecified atom stereocenters. The fraction of sp³-hybridized carbons (Fsp3) is 0.286. The second-order valence-corrected chi connectivity index (χ2v) is 8.45. The summed E-state index contributed by atoms with van der Waals surface area (Å²) >= 11 is 0. The normalized spacial score (nSPS) is 12.2. The van der Waals surface area contributed by atoms with E-state index in [1.165, 1.54) is 11.0 Å². The molecule has 0 spiro atoms. The van der Waals surface area contributed by atoms with Gasteiger partial charge in [-0.05, 0) is 48.4 Å². The van der Waals surface area contributed by atoms with Crippen molar-refractivity contribution in [2.45, 2.75) is 20.0 Å². The number of nitrogens with zero attached hydrogens (tertiary/aromatic N) is 2. The average Bonchev–Trinajstić information content (AvgIpc) is 3.53. The maximum absolute atomic E-state index is 13.5. The topological polar surface area (TPSA) is 81.5 Å². The summed E-state index contributed by atoms with van der Waals surface area (Å²) in [6.07, 6.45) is 3.22. The Morgan fingerprint density at radius 1 is 0.972 bits per heavy atom. The lowest BCUT2D eigenvalue weighted by Crippen LogP contribution is -2.43. The molecule has 1 aliphatic heterocycles. The summed E-state index contributed by atoms with van der Waals surface area (Å²) in [5.41, 5.74) is 1.79. The maximum atomic E-state index is 13.5. The molecule has 0 N–H and O–H groups in total. The summed E-state index contributed by atoms with van der Waals surface area (Å²) in [7, 11) is 1.56. The van der Waals surface area contributed by atoms with E-state index in [2.05, 4.69) is 0 Å². The molecule has 0 radical (unpaired) electrons. The molecule has 1 aromatic heterocycles. The van der Waals surface area contributed by atoms with Gasteiger partial charge in [0.05, 0.1) is 13.2 Å². The lowest BCUT2D eigenvalue weighted by molar-refractivity contribution is -0.139. The van der Waals surface area contributed by atoms with Crippen molar-refractivity contribution in [3.8, 4) is 11.5 Å². The minimum atomic E-state index is -0.263. The molecule has 0 saturated heterocycles. The molecule has 0 fully saturated rings. The van der Waals surface area contributed by atoms with E-state index in [1.54, 1.807) is 18.1 Å². The molecular formula is C28H30N2O6. The van der Waals surface area contributed by atoms with Gasteiger partial charge in [-0.1, -0.05) is 36.4 Å². The maximum Gasteiger partial charge on any atom is 0.247 e. The number of hydrogen-bond donors (Lipinski definition) is 0. The summed E-state index contributed by atoms with van der Waals surface area (Å²) in [6, 6.07) is 18.9. The first kappa shape index (κ1) is 25.1. The van der Waals surface area contributed by atoms with Gasteiger partial charge in [0.15, 0.2) is 11.5 Å². The van der Waals surface area contributed by atoms with Crippen molar-refractivity contribution >= 4 is 17.9 Å². The molecule has 1 aliphatic rings. The molecule has 0 saturated carbocycles. The van der Waals surface area contributed by atoms with Crippen molar-refractivity contribution < 1.29 is 28.2 Å². The Morgan fingerprint density at radius 2 is 1.78 bits per heavy atom. The number of ether oxygens (including phenoxy) is 3. The van der Waals surface area contributed by atoms with Gasteiger partial charge in [-0.3, -0.25) is 9.59 Å². The van der Waals surface area contributed by atoms with E-state index in [9.17, 15) is 9.59 Å². The predicted molar refractivity (Wildman–Crippen MR) is 134 cm³/mol. The highest BCUT2D eigenvalue weighted by Crippen LogP contribution is 2.33. The van der Waals surface area contributed by atoms with Crippen LogP contribution in [0, 0.1) is 6.92 Å². The molecule has 0 atom stereocenters. The van der Waals surface area contributed by atoms with Crippen LogP contribution in [0.15, 0.2) is 71.2 Å². The standard InChI is InChI=1S/C28H30N2O6/c1-21-8-11-24(36-21)18-30(17-23-9-12-25-26(16-23)35-20-34-25)28(32)19-29(14-15-33-2)27(31)13-10-22-6-4-3-5-7-22/h3-13,16H,14-15,17-20H2,1-2H3. The quantitative estimate of drug-likeness (QED) is 0.378. The Kier molecular flexibility index (Phi) is 8.41. The van der Waals surface area contributed by atoms with Crippen molar-refractivity contribution in [1.82, 2.24) is 9.80 Å². The smallest absolute Gasteiger partial charge is 0.247 e. The lowest BCUT2D eigenvalue weighted by atomic mass is 10.1. The first-order valence-corrected chi connectivity index (χ1v) is 11.7. The number of carbonyl (C=O) groups excluding carboxylic acids is 2. The van der Waals surface area contributed by atoms with Gasteiger partial charge in [-0.15, -0.1) is 0 Å². The number of aryl methyl sites for hydroxylation is 1. The number of benzene rings is 2. The third kappa shape index (κ3) is 6.76. The van der Waals surface area contributed by atoms with Gasteiger partial charge in [-0.2, -0.15) is 0 Å². The van der Waals surface area contributed by atoms with E-state index < -0.39 is 0 Å². The van der Waals surface area contributed by atoms with Crippen LogP contribution in [0.2, 0.25) is 0 Å². The van der Waals surface area contributed by atoms with Crippen molar-refractivity contribution in [2.75, 3.05) is 33.6 Å². The zero-order valence-electron chi connectivity index (χ0n) is 20.5. The highest BCUT2D eigenvalue weighted by molar-refractivity contribution is 5.94. The van der Waals surface area contributed by atoms with Gasteiger partial charge in [0.1, 0.15) is 18.1 Å². The molecule has 2 amide bonds. The van der Waals surface area contributed by atoms with Crippen LogP contribution in [0.4, 0.5) is 0 Å². The van der Waals surface area contributed by atoms with Crippen LogP contribution in [0.25, 0.3) is 6.08 Å². The highest BCUT2D eigenvalue weighted by Gasteiger charge is 2.23. The highest BCUT2D eigenvalue weighted by atomic mass is 16.7. The zero-order valence-corrected chi connectivity index (χ0v) is 20.5. The average molecular weight is 491 g/mol. The number of carbonyl (C=O) groups is 2. The van der Waals surface area contributed by atoms with E-state index in [1.807, 2.05) is 67.6 Å². The molecule has 8 heteroatoms. The van der Waals surface area contributed by atoms with E-state index in [-0.39, 0.29) is 38.2 Å². The van der Waals surface area contributed by atoms with Crippen molar-refractivity contribution in [2.24, 2.45) is 0 Å². The first-order chi connectivity index (χ1) is 17.5. The second-order valence-electron chi connectivity index (χ2n) is 8.45. The van der Waals surface area contributed by atoms with Crippen LogP contribution in [0.3, 0.4) is 0 Å². The van der Waals surface area contributed by atoms with E-state index in [4.69, 9.17) is 18.6 Å². The van der Waals surface area contributed by atoms with Gasteiger partial charge in [0.25, 0.3) is 0 Å². The lowest BCUT2D eigenvalue weighted by Gasteiger charge is -2.27. The third-order valence-electron chi connectivity index (χ3n) is 5.73. The van der Waals surface area contributed by atoms with Gasteiger partial charge in [-0.25, -0.2) is 0 Å². The number of amides is 2. The largest absolute Gasteiger partial charge is 0.464 e. The van der Waals surface area contributed by atoms with Crippen LogP contribution in [-0.2, 0) is 27.4 Å². The molecular weight excluding hydrogens is 460 g/mol. The van der Waals surface area contributed by atoms with E-state index >= 15 is 0 Å².